The van der Waals surface area contributed by atoms with Crippen LogP contribution in [0.3, 0.4) is 0 Å². The van der Waals surface area contributed by atoms with Crippen molar-refractivity contribution in [1.29, 1.82) is 0 Å². The Morgan fingerprint density at radius 3 is 2.61 bits per heavy atom. The molecule has 0 saturated carbocycles. The number of non-ortho nitro benzene ring substituents is 1. The highest BCUT2D eigenvalue weighted by molar-refractivity contribution is 7.17. The Hall–Kier alpha value is -2.74. The van der Waals surface area contributed by atoms with Crippen molar-refractivity contribution in [2.75, 3.05) is 11.9 Å². The lowest BCUT2D eigenvalue weighted by molar-refractivity contribution is -0.384. The third-order valence-electron chi connectivity index (χ3n) is 4.58. The largest absolute Gasteiger partial charge is 0.462 e. The van der Waals surface area contributed by atoms with E-state index in [1.165, 1.54) is 23.5 Å². The van der Waals surface area contributed by atoms with Gasteiger partial charge >= 0.3 is 5.97 Å². The standard InChI is InChI=1S/C20H22N2O5S/c1-2-11-27-20(24)18-15-5-3-4-6-16(15)28-19(18)21-17(23)12-13-7-9-14(10-8-13)22(25)26/h7-10H,2-6,11-12H2,1H3,(H,21,23). The van der Waals surface area contributed by atoms with E-state index in [1.807, 2.05) is 6.92 Å². The van der Waals surface area contributed by atoms with E-state index in [-0.39, 0.29) is 24.0 Å². The number of rotatable bonds is 7. The molecule has 0 atom stereocenters. The van der Waals surface area contributed by atoms with Crippen molar-refractivity contribution in [3.05, 3.63) is 55.9 Å². The maximum Gasteiger partial charge on any atom is 0.341 e. The van der Waals surface area contributed by atoms with Gasteiger partial charge in [-0.25, -0.2) is 4.79 Å². The molecule has 28 heavy (non-hydrogen) atoms. The molecule has 7 nitrogen and oxygen atoms in total. The van der Waals surface area contributed by atoms with Crippen molar-refractivity contribution >= 4 is 33.9 Å². The number of hydrogen-bond acceptors (Lipinski definition) is 6. The van der Waals surface area contributed by atoms with E-state index in [0.717, 1.165) is 42.5 Å². The molecule has 0 unspecified atom stereocenters. The van der Waals surface area contributed by atoms with Gasteiger partial charge in [-0.3, -0.25) is 14.9 Å². The number of benzene rings is 1. The Morgan fingerprint density at radius 1 is 1.21 bits per heavy atom. The molecule has 1 aliphatic rings. The molecular formula is C20H22N2O5S. The zero-order valence-corrected chi connectivity index (χ0v) is 16.5. The van der Waals surface area contributed by atoms with Crippen LogP contribution < -0.4 is 5.32 Å². The number of nitro groups is 1. The lowest BCUT2D eigenvalue weighted by atomic mass is 9.95. The van der Waals surface area contributed by atoms with Gasteiger partial charge in [0.05, 0.1) is 23.5 Å². The van der Waals surface area contributed by atoms with Crippen LogP contribution in [0.2, 0.25) is 0 Å². The highest BCUT2D eigenvalue weighted by Crippen LogP contribution is 2.38. The van der Waals surface area contributed by atoms with Gasteiger partial charge in [0.15, 0.2) is 0 Å². The summed E-state index contributed by atoms with van der Waals surface area (Å²) in [6, 6.07) is 5.88. The molecule has 1 aliphatic carbocycles. The van der Waals surface area contributed by atoms with Gasteiger partial charge in [-0.2, -0.15) is 0 Å². The number of hydrogen-bond donors (Lipinski definition) is 1. The summed E-state index contributed by atoms with van der Waals surface area (Å²) in [7, 11) is 0. The number of fused-ring (bicyclic) bond motifs is 1. The number of ether oxygens (including phenoxy) is 1. The number of nitro benzene ring substituents is 1. The van der Waals surface area contributed by atoms with Crippen molar-refractivity contribution in [2.24, 2.45) is 0 Å². The molecule has 0 saturated heterocycles. The minimum atomic E-state index is -0.478. The fourth-order valence-corrected chi connectivity index (χ4v) is 4.52. The molecule has 0 bridgehead atoms. The quantitative estimate of drug-likeness (QED) is 0.423. The monoisotopic (exact) mass is 402 g/mol. The molecule has 1 aromatic carbocycles. The second-order valence-electron chi connectivity index (χ2n) is 6.70. The van der Waals surface area contributed by atoms with Gasteiger partial charge in [-0.1, -0.05) is 19.1 Å². The van der Waals surface area contributed by atoms with E-state index in [2.05, 4.69) is 5.32 Å². The van der Waals surface area contributed by atoms with Crippen LogP contribution in [0.1, 0.15) is 52.5 Å². The zero-order valence-electron chi connectivity index (χ0n) is 15.7. The molecular weight excluding hydrogens is 380 g/mol. The Kier molecular flexibility index (Phi) is 6.41. The third-order valence-corrected chi connectivity index (χ3v) is 5.78. The number of aryl methyl sites for hydroxylation is 1. The van der Waals surface area contributed by atoms with Gasteiger partial charge in [0, 0.05) is 17.0 Å². The molecule has 0 radical (unpaired) electrons. The van der Waals surface area contributed by atoms with Crippen LogP contribution in [0.15, 0.2) is 24.3 Å². The smallest absolute Gasteiger partial charge is 0.341 e. The fourth-order valence-electron chi connectivity index (χ4n) is 3.23. The van der Waals surface area contributed by atoms with Crippen molar-refractivity contribution in [3.8, 4) is 0 Å². The van der Waals surface area contributed by atoms with Gasteiger partial charge in [0.25, 0.3) is 5.69 Å². The molecule has 1 heterocycles. The average Bonchev–Trinajstić information content (AvgIpc) is 3.04. The van der Waals surface area contributed by atoms with E-state index in [0.29, 0.717) is 22.7 Å². The van der Waals surface area contributed by atoms with Gasteiger partial charge in [0.1, 0.15) is 5.00 Å². The molecule has 1 amide bonds. The van der Waals surface area contributed by atoms with Crippen LogP contribution in [0.4, 0.5) is 10.7 Å². The van der Waals surface area contributed by atoms with Crippen LogP contribution in [0.5, 0.6) is 0 Å². The Bertz CT molecular complexity index is 889. The number of anilines is 1. The molecule has 1 aromatic heterocycles. The summed E-state index contributed by atoms with van der Waals surface area (Å²) in [5, 5.41) is 14.1. The van der Waals surface area contributed by atoms with E-state index in [9.17, 15) is 19.7 Å². The maximum absolute atomic E-state index is 12.6. The number of esters is 1. The molecule has 148 valence electrons. The van der Waals surface area contributed by atoms with Crippen molar-refractivity contribution < 1.29 is 19.2 Å². The van der Waals surface area contributed by atoms with Crippen molar-refractivity contribution in [2.45, 2.75) is 45.4 Å². The lowest BCUT2D eigenvalue weighted by Crippen LogP contribution is -2.17. The molecule has 0 spiro atoms. The van der Waals surface area contributed by atoms with Gasteiger partial charge < -0.3 is 10.1 Å². The molecule has 8 heteroatoms. The topological polar surface area (TPSA) is 98.5 Å². The molecule has 0 fully saturated rings. The SMILES string of the molecule is CCCOC(=O)c1c(NC(=O)Cc2ccc([N+](=O)[O-])cc2)sc2c1CCCC2. The minimum absolute atomic E-state index is 0.0175. The predicted molar refractivity (Wildman–Crippen MR) is 107 cm³/mol. The maximum atomic E-state index is 12.6. The second-order valence-corrected chi connectivity index (χ2v) is 7.80. The first-order chi connectivity index (χ1) is 13.5. The van der Waals surface area contributed by atoms with Gasteiger partial charge in [-0.05, 0) is 43.2 Å². The molecule has 2 aromatic rings. The van der Waals surface area contributed by atoms with Crippen molar-refractivity contribution in [3.63, 3.8) is 0 Å². The summed E-state index contributed by atoms with van der Waals surface area (Å²) in [6.45, 7) is 2.28. The molecule has 0 aliphatic heterocycles. The fraction of sp³-hybridized carbons (Fsp3) is 0.400. The zero-order chi connectivity index (χ0) is 20.1. The summed E-state index contributed by atoms with van der Waals surface area (Å²) in [5.41, 5.74) is 2.14. The summed E-state index contributed by atoms with van der Waals surface area (Å²) in [4.78, 5) is 36.5. The Balaban J connectivity index is 1.77. The second kappa shape index (κ2) is 8.97. The number of nitrogens with zero attached hydrogens (tertiary/aromatic N) is 1. The Labute approximate surface area is 166 Å². The van der Waals surface area contributed by atoms with Gasteiger partial charge in [-0.15, -0.1) is 11.3 Å². The lowest BCUT2D eigenvalue weighted by Gasteiger charge is -2.12. The van der Waals surface area contributed by atoms with Crippen LogP contribution >= 0.6 is 11.3 Å². The van der Waals surface area contributed by atoms with E-state index < -0.39 is 4.92 Å². The third kappa shape index (κ3) is 4.56. The molecule has 3 rings (SSSR count). The number of carbonyl (C=O) groups is 2. The van der Waals surface area contributed by atoms with E-state index in [4.69, 9.17) is 4.74 Å². The average molecular weight is 402 g/mol. The van der Waals surface area contributed by atoms with E-state index >= 15 is 0 Å². The highest BCUT2D eigenvalue weighted by atomic mass is 32.1. The van der Waals surface area contributed by atoms with E-state index in [1.54, 1.807) is 12.1 Å². The summed E-state index contributed by atoms with van der Waals surface area (Å²) in [6.07, 6.45) is 4.64. The normalized spacial score (nSPS) is 12.9. The number of nitrogens with one attached hydrogen (secondary N) is 1. The van der Waals surface area contributed by atoms with Crippen LogP contribution in [-0.4, -0.2) is 23.4 Å². The summed E-state index contributed by atoms with van der Waals surface area (Å²) >= 11 is 1.45. The van der Waals surface area contributed by atoms with Crippen LogP contribution in [-0.2, 0) is 28.8 Å². The number of amides is 1. The molecule has 1 N–H and O–H groups in total. The van der Waals surface area contributed by atoms with Crippen LogP contribution in [0, 0.1) is 10.1 Å². The Morgan fingerprint density at radius 2 is 1.93 bits per heavy atom. The number of thiophene rings is 1. The minimum Gasteiger partial charge on any atom is -0.462 e. The number of carbonyl (C=O) groups excluding carboxylic acids is 2. The predicted octanol–water partition coefficient (Wildman–Crippen LogP) is 4.28. The van der Waals surface area contributed by atoms with Crippen LogP contribution in [0.25, 0.3) is 0 Å². The summed E-state index contributed by atoms with van der Waals surface area (Å²) in [5.74, 6) is -0.649. The highest BCUT2D eigenvalue weighted by Gasteiger charge is 2.27. The first-order valence-corrected chi connectivity index (χ1v) is 10.2. The first-order valence-electron chi connectivity index (χ1n) is 9.34. The van der Waals surface area contributed by atoms with Gasteiger partial charge in [0.2, 0.25) is 5.91 Å². The summed E-state index contributed by atoms with van der Waals surface area (Å²) < 4.78 is 5.33. The first kappa shape index (κ1) is 20.0. The van der Waals surface area contributed by atoms with Crippen molar-refractivity contribution in [1.82, 2.24) is 0 Å².